The quantitative estimate of drug-likeness (QED) is 0.593. The predicted molar refractivity (Wildman–Crippen MR) is 68.0 cm³/mol. The van der Waals surface area contributed by atoms with Crippen LogP contribution in [-0.4, -0.2) is 22.0 Å². The fourth-order valence-electron chi connectivity index (χ4n) is 1.65. The molecule has 1 atom stereocenters. The molecule has 1 aromatic rings. The number of aliphatic carboxylic acids is 1. The molecule has 8 heteroatoms. The molecule has 20 heavy (non-hydrogen) atoms. The van der Waals surface area contributed by atoms with Gasteiger partial charge >= 0.3 is 5.97 Å². The van der Waals surface area contributed by atoms with E-state index in [2.05, 4.69) is 5.32 Å². The third kappa shape index (κ3) is 4.45. The number of nitro groups is 1. The van der Waals surface area contributed by atoms with E-state index in [1.165, 1.54) is 6.07 Å². The number of halogens is 2. The number of alkyl halides is 2. The van der Waals surface area contributed by atoms with E-state index in [9.17, 15) is 23.7 Å². The van der Waals surface area contributed by atoms with Gasteiger partial charge in [-0.3, -0.25) is 14.9 Å². The van der Waals surface area contributed by atoms with Gasteiger partial charge in [-0.05, 0) is 19.4 Å². The molecule has 0 amide bonds. The van der Waals surface area contributed by atoms with Gasteiger partial charge in [0.2, 0.25) is 0 Å². The Morgan fingerprint density at radius 3 is 2.65 bits per heavy atom. The first-order valence-corrected chi connectivity index (χ1v) is 5.86. The summed E-state index contributed by atoms with van der Waals surface area (Å²) in [5.41, 5.74) is -0.811. The van der Waals surface area contributed by atoms with Gasteiger partial charge in [-0.15, -0.1) is 0 Å². The molecule has 110 valence electrons. The lowest BCUT2D eigenvalue weighted by atomic mass is 10.1. The summed E-state index contributed by atoms with van der Waals surface area (Å²) in [5.74, 6) is -0.976. The van der Waals surface area contributed by atoms with E-state index in [0.717, 1.165) is 12.1 Å². The van der Waals surface area contributed by atoms with Gasteiger partial charge in [0.1, 0.15) is 0 Å². The largest absolute Gasteiger partial charge is 0.481 e. The van der Waals surface area contributed by atoms with Gasteiger partial charge in [0.15, 0.2) is 0 Å². The number of carboxylic acids is 1. The highest BCUT2D eigenvalue weighted by atomic mass is 19.3. The van der Waals surface area contributed by atoms with Crippen molar-refractivity contribution in [3.05, 3.63) is 33.9 Å². The fourth-order valence-corrected chi connectivity index (χ4v) is 1.65. The first kappa shape index (κ1) is 15.8. The number of nitrogens with one attached hydrogen (secondary N) is 1. The number of nitrogens with zero attached hydrogens (tertiary/aromatic N) is 1. The van der Waals surface area contributed by atoms with Crippen LogP contribution in [0.4, 0.5) is 20.2 Å². The van der Waals surface area contributed by atoms with Gasteiger partial charge < -0.3 is 10.4 Å². The van der Waals surface area contributed by atoms with Gasteiger partial charge in [-0.2, -0.15) is 0 Å². The van der Waals surface area contributed by atoms with Gasteiger partial charge in [-0.25, -0.2) is 8.78 Å². The smallest absolute Gasteiger partial charge is 0.303 e. The molecular weight excluding hydrogens is 274 g/mol. The first-order valence-electron chi connectivity index (χ1n) is 5.86. The van der Waals surface area contributed by atoms with Crippen molar-refractivity contribution in [2.24, 2.45) is 0 Å². The average Bonchev–Trinajstić information content (AvgIpc) is 2.36. The Balaban J connectivity index is 2.88. The molecule has 0 radical (unpaired) electrons. The standard InChI is InChI=1S/C12H14F2N2O4/c1-7(2-5-11(17)18)15-10-4-3-8(16(19)20)6-9(10)12(13)14/h3-4,6-7,12,15H,2,5H2,1H3,(H,17,18). The van der Waals surface area contributed by atoms with Gasteiger partial charge in [-0.1, -0.05) is 0 Å². The minimum absolute atomic E-state index is 0.0727. The molecule has 0 aliphatic heterocycles. The summed E-state index contributed by atoms with van der Waals surface area (Å²) in [5, 5.41) is 21.9. The number of hydrogen-bond donors (Lipinski definition) is 2. The molecule has 0 aromatic heterocycles. The van der Waals surface area contributed by atoms with E-state index >= 15 is 0 Å². The van der Waals surface area contributed by atoms with Crippen molar-refractivity contribution in [2.75, 3.05) is 5.32 Å². The Hall–Kier alpha value is -2.25. The number of rotatable bonds is 7. The zero-order chi connectivity index (χ0) is 15.3. The third-order valence-corrected chi connectivity index (χ3v) is 2.67. The Morgan fingerprint density at radius 2 is 2.15 bits per heavy atom. The molecule has 0 saturated carbocycles. The van der Waals surface area contributed by atoms with E-state index in [1.807, 2.05) is 0 Å². The Bertz CT molecular complexity index is 508. The number of carboxylic acid groups (broad SMARTS) is 1. The second-order valence-electron chi connectivity index (χ2n) is 4.31. The second kappa shape index (κ2) is 6.78. The van der Waals surface area contributed by atoms with Gasteiger partial charge in [0.25, 0.3) is 12.1 Å². The molecule has 0 saturated heterocycles. The zero-order valence-electron chi connectivity index (χ0n) is 10.7. The molecule has 0 heterocycles. The summed E-state index contributed by atoms with van der Waals surface area (Å²) in [7, 11) is 0. The average molecular weight is 288 g/mol. The van der Waals surface area contributed by atoms with Crippen LogP contribution >= 0.6 is 0 Å². The van der Waals surface area contributed by atoms with Crippen molar-refractivity contribution in [3.63, 3.8) is 0 Å². The number of non-ortho nitro benzene ring substituents is 1. The summed E-state index contributed by atoms with van der Waals surface area (Å²) < 4.78 is 25.8. The van der Waals surface area contributed by atoms with Crippen LogP contribution < -0.4 is 5.32 Å². The zero-order valence-corrected chi connectivity index (χ0v) is 10.7. The van der Waals surface area contributed by atoms with Crippen LogP contribution in [0.15, 0.2) is 18.2 Å². The van der Waals surface area contributed by atoms with Crippen LogP contribution in [0.25, 0.3) is 0 Å². The minimum Gasteiger partial charge on any atom is -0.481 e. The highest BCUT2D eigenvalue weighted by Gasteiger charge is 2.19. The first-order chi connectivity index (χ1) is 9.31. The lowest BCUT2D eigenvalue weighted by Gasteiger charge is -2.17. The molecule has 0 bridgehead atoms. The number of nitro benzene ring substituents is 1. The maximum absolute atomic E-state index is 12.9. The molecular formula is C12H14F2N2O4. The van der Waals surface area contributed by atoms with Crippen LogP contribution in [0.5, 0.6) is 0 Å². The van der Waals surface area contributed by atoms with Crippen molar-refractivity contribution < 1.29 is 23.6 Å². The number of anilines is 1. The fraction of sp³-hybridized carbons (Fsp3) is 0.417. The van der Waals surface area contributed by atoms with Gasteiger partial charge in [0.05, 0.1) is 4.92 Å². The number of carbonyl (C=O) groups is 1. The molecule has 0 spiro atoms. The monoisotopic (exact) mass is 288 g/mol. The van der Waals surface area contributed by atoms with Crippen LogP contribution in [-0.2, 0) is 4.79 Å². The maximum Gasteiger partial charge on any atom is 0.303 e. The van der Waals surface area contributed by atoms with Crippen LogP contribution in [0, 0.1) is 10.1 Å². The lowest BCUT2D eigenvalue weighted by Crippen LogP contribution is -2.17. The molecule has 1 rings (SSSR count). The van der Waals surface area contributed by atoms with Crippen molar-refractivity contribution in [2.45, 2.75) is 32.2 Å². The van der Waals surface area contributed by atoms with E-state index in [4.69, 9.17) is 5.11 Å². The van der Waals surface area contributed by atoms with E-state index in [0.29, 0.717) is 0 Å². The van der Waals surface area contributed by atoms with Crippen molar-refractivity contribution >= 4 is 17.3 Å². The molecule has 0 fully saturated rings. The SMILES string of the molecule is CC(CCC(=O)O)Nc1ccc([N+](=O)[O-])cc1C(F)F. The lowest BCUT2D eigenvalue weighted by molar-refractivity contribution is -0.385. The highest BCUT2D eigenvalue weighted by Crippen LogP contribution is 2.31. The molecule has 0 aliphatic rings. The minimum atomic E-state index is -2.86. The van der Waals surface area contributed by atoms with Crippen LogP contribution in [0.1, 0.15) is 31.8 Å². The van der Waals surface area contributed by atoms with Crippen molar-refractivity contribution in [3.8, 4) is 0 Å². The molecule has 2 N–H and O–H groups in total. The molecule has 1 aromatic carbocycles. The number of hydrogen-bond acceptors (Lipinski definition) is 4. The van der Waals surface area contributed by atoms with Crippen LogP contribution in [0.3, 0.4) is 0 Å². The maximum atomic E-state index is 12.9. The molecule has 0 aliphatic carbocycles. The van der Waals surface area contributed by atoms with Gasteiger partial charge in [0, 0.05) is 35.8 Å². The summed E-state index contributed by atoms with van der Waals surface area (Å²) >= 11 is 0. The van der Waals surface area contributed by atoms with E-state index in [1.54, 1.807) is 6.92 Å². The van der Waals surface area contributed by atoms with Crippen LogP contribution in [0.2, 0.25) is 0 Å². The van der Waals surface area contributed by atoms with E-state index < -0.39 is 28.6 Å². The third-order valence-electron chi connectivity index (χ3n) is 2.67. The van der Waals surface area contributed by atoms with Crippen molar-refractivity contribution in [1.82, 2.24) is 0 Å². The molecule has 6 nitrogen and oxygen atoms in total. The van der Waals surface area contributed by atoms with Crippen molar-refractivity contribution in [1.29, 1.82) is 0 Å². The normalized spacial score (nSPS) is 12.2. The number of benzene rings is 1. The highest BCUT2D eigenvalue weighted by molar-refractivity contribution is 5.66. The Morgan fingerprint density at radius 1 is 1.50 bits per heavy atom. The summed E-state index contributed by atoms with van der Waals surface area (Å²) in [4.78, 5) is 20.2. The predicted octanol–water partition coefficient (Wildman–Crippen LogP) is 3.20. The van der Waals surface area contributed by atoms with E-state index in [-0.39, 0.29) is 24.6 Å². The Labute approximate surface area is 113 Å². The molecule has 1 unspecified atom stereocenters. The topological polar surface area (TPSA) is 92.5 Å². The summed E-state index contributed by atoms with van der Waals surface area (Å²) in [6.07, 6.45) is -2.69. The summed E-state index contributed by atoms with van der Waals surface area (Å²) in [6.45, 7) is 1.65. The summed E-state index contributed by atoms with van der Waals surface area (Å²) in [6, 6.07) is 2.80. The Kier molecular flexibility index (Phi) is 5.36. The second-order valence-corrected chi connectivity index (χ2v) is 4.31.